The predicted octanol–water partition coefficient (Wildman–Crippen LogP) is 3.08. The maximum absolute atomic E-state index is 11.8. The van der Waals surface area contributed by atoms with E-state index >= 15 is 0 Å². The van der Waals surface area contributed by atoms with Crippen LogP contribution in [0.1, 0.15) is 51.4 Å². The molecule has 2 saturated heterocycles. The minimum absolute atomic E-state index is 0.0362. The summed E-state index contributed by atoms with van der Waals surface area (Å²) >= 11 is 1.69. The third kappa shape index (κ3) is 1.97. The number of ether oxygens (including phenoxy) is 1. The highest BCUT2D eigenvalue weighted by Crippen LogP contribution is 2.52. The van der Waals surface area contributed by atoms with E-state index in [1.165, 1.54) is 12.8 Å². The molecule has 102 valence electrons. The molecule has 1 spiro atoms. The Bertz CT molecular complexity index is 330. The molecule has 18 heavy (non-hydrogen) atoms. The summed E-state index contributed by atoms with van der Waals surface area (Å²) in [7, 11) is 0. The van der Waals surface area contributed by atoms with Gasteiger partial charge in [-0.1, -0.05) is 12.8 Å². The van der Waals surface area contributed by atoms with Gasteiger partial charge in [-0.2, -0.15) is 0 Å². The molecule has 3 rings (SSSR count). The van der Waals surface area contributed by atoms with Crippen LogP contribution in [0.25, 0.3) is 0 Å². The molecule has 1 saturated carbocycles. The van der Waals surface area contributed by atoms with Gasteiger partial charge in [-0.25, -0.2) is 0 Å². The highest BCUT2D eigenvalue weighted by atomic mass is 32.2. The smallest absolute Gasteiger partial charge is 0.320 e. The Morgan fingerprint density at radius 3 is 2.61 bits per heavy atom. The van der Waals surface area contributed by atoms with Crippen LogP contribution >= 0.6 is 11.8 Å². The molecule has 0 amide bonds. The Labute approximate surface area is 113 Å². The van der Waals surface area contributed by atoms with Crippen LogP contribution < -0.4 is 0 Å². The van der Waals surface area contributed by atoms with Gasteiger partial charge in [0.1, 0.15) is 4.75 Å². The first-order valence-corrected chi connectivity index (χ1v) is 8.17. The minimum Gasteiger partial charge on any atom is -0.480 e. The molecular formula is C14H22O3S. The van der Waals surface area contributed by atoms with Gasteiger partial charge in [-0.15, -0.1) is 11.8 Å². The van der Waals surface area contributed by atoms with Gasteiger partial charge in [0.25, 0.3) is 0 Å². The SMILES string of the molecule is O=C(O)C1(C2CCOC3(CCCC3)C2)CCCS1. The molecule has 2 atom stereocenters. The van der Waals surface area contributed by atoms with Gasteiger partial charge < -0.3 is 9.84 Å². The predicted molar refractivity (Wildman–Crippen MR) is 71.9 cm³/mol. The minimum atomic E-state index is -0.579. The lowest BCUT2D eigenvalue weighted by molar-refractivity contribution is -0.146. The number of thioether (sulfide) groups is 1. The standard InChI is InChI=1S/C14H22O3S/c15-12(16)14(7-3-9-18-14)11-4-8-17-13(10-11)5-1-2-6-13/h11H,1-10H2,(H,15,16). The lowest BCUT2D eigenvalue weighted by atomic mass is 9.75. The molecule has 4 heteroatoms. The van der Waals surface area contributed by atoms with Crippen molar-refractivity contribution in [2.45, 2.75) is 61.7 Å². The van der Waals surface area contributed by atoms with Crippen LogP contribution in [0, 0.1) is 5.92 Å². The average Bonchev–Trinajstić information content (AvgIpc) is 2.99. The third-order valence-electron chi connectivity index (χ3n) is 5.08. The quantitative estimate of drug-likeness (QED) is 0.837. The van der Waals surface area contributed by atoms with Crippen LogP contribution in [0.3, 0.4) is 0 Å². The van der Waals surface area contributed by atoms with E-state index in [1.807, 2.05) is 0 Å². The number of carboxylic acid groups (broad SMARTS) is 1. The molecule has 1 N–H and O–H groups in total. The summed E-state index contributed by atoms with van der Waals surface area (Å²) < 4.78 is 5.54. The first kappa shape index (κ1) is 12.8. The summed E-state index contributed by atoms with van der Waals surface area (Å²) in [5.41, 5.74) is 0.0362. The number of aliphatic carboxylic acids is 1. The molecule has 2 aliphatic heterocycles. The van der Waals surface area contributed by atoms with Crippen molar-refractivity contribution in [3.8, 4) is 0 Å². The zero-order chi connectivity index (χ0) is 12.6. The van der Waals surface area contributed by atoms with E-state index < -0.39 is 10.7 Å². The van der Waals surface area contributed by atoms with Crippen molar-refractivity contribution in [3.63, 3.8) is 0 Å². The lowest BCUT2D eigenvalue weighted by Crippen LogP contribution is -2.48. The van der Waals surface area contributed by atoms with Gasteiger partial charge in [0.2, 0.25) is 0 Å². The largest absolute Gasteiger partial charge is 0.480 e. The van der Waals surface area contributed by atoms with Crippen LogP contribution in [-0.2, 0) is 9.53 Å². The fourth-order valence-electron chi connectivity index (χ4n) is 4.12. The van der Waals surface area contributed by atoms with Crippen molar-refractivity contribution in [2.24, 2.45) is 5.92 Å². The maximum atomic E-state index is 11.8. The molecule has 0 bridgehead atoms. The second kappa shape index (κ2) is 4.71. The Balaban J connectivity index is 1.80. The van der Waals surface area contributed by atoms with E-state index in [2.05, 4.69) is 0 Å². The molecule has 2 unspecified atom stereocenters. The first-order valence-electron chi connectivity index (χ1n) is 7.18. The summed E-state index contributed by atoms with van der Waals surface area (Å²) in [5, 5.41) is 9.69. The average molecular weight is 270 g/mol. The number of rotatable bonds is 2. The van der Waals surface area contributed by atoms with Crippen molar-refractivity contribution < 1.29 is 14.6 Å². The zero-order valence-electron chi connectivity index (χ0n) is 10.8. The van der Waals surface area contributed by atoms with Crippen LogP contribution in [0.5, 0.6) is 0 Å². The van der Waals surface area contributed by atoms with E-state index in [0.717, 1.165) is 50.9 Å². The molecular weight excluding hydrogens is 248 g/mol. The van der Waals surface area contributed by atoms with Crippen molar-refractivity contribution in [3.05, 3.63) is 0 Å². The van der Waals surface area contributed by atoms with Crippen LogP contribution in [-0.4, -0.2) is 33.8 Å². The number of carbonyl (C=O) groups is 1. The van der Waals surface area contributed by atoms with E-state index in [-0.39, 0.29) is 5.60 Å². The van der Waals surface area contributed by atoms with Crippen LogP contribution in [0.4, 0.5) is 0 Å². The third-order valence-corrected chi connectivity index (χ3v) is 6.80. The molecule has 1 aliphatic carbocycles. The Morgan fingerprint density at radius 2 is 2.00 bits per heavy atom. The fraction of sp³-hybridized carbons (Fsp3) is 0.929. The van der Waals surface area contributed by atoms with Gasteiger partial charge in [0.15, 0.2) is 0 Å². The van der Waals surface area contributed by atoms with Crippen molar-refractivity contribution >= 4 is 17.7 Å². The normalized spacial score (nSPS) is 39.2. The first-order chi connectivity index (χ1) is 8.67. The number of hydrogen-bond acceptors (Lipinski definition) is 3. The van der Waals surface area contributed by atoms with Gasteiger partial charge in [0.05, 0.1) is 5.60 Å². The summed E-state index contributed by atoms with van der Waals surface area (Å²) in [6, 6.07) is 0. The van der Waals surface area contributed by atoms with E-state index in [0.29, 0.717) is 5.92 Å². The monoisotopic (exact) mass is 270 g/mol. The van der Waals surface area contributed by atoms with Gasteiger partial charge in [-0.3, -0.25) is 4.79 Å². The fourth-order valence-corrected chi connectivity index (χ4v) is 5.62. The molecule has 3 aliphatic rings. The highest BCUT2D eigenvalue weighted by molar-refractivity contribution is 8.01. The van der Waals surface area contributed by atoms with E-state index in [9.17, 15) is 9.90 Å². The highest BCUT2D eigenvalue weighted by Gasteiger charge is 2.53. The van der Waals surface area contributed by atoms with Gasteiger partial charge in [0, 0.05) is 6.61 Å². The van der Waals surface area contributed by atoms with E-state index in [4.69, 9.17) is 4.74 Å². The lowest BCUT2D eigenvalue weighted by Gasteiger charge is -2.44. The van der Waals surface area contributed by atoms with Crippen LogP contribution in [0.2, 0.25) is 0 Å². The van der Waals surface area contributed by atoms with Gasteiger partial charge in [-0.05, 0) is 50.2 Å². The Kier molecular flexibility index (Phi) is 3.35. The Morgan fingerprint density at radius 1 is 1.22 bits per heavy atom. The molecule has 0 aromatic carbocycles. The second-order valence-electron chi connectivity index (χ2n) is 6.07. The molecule has 0 aromatic heterocycles. The second-order valence-corrected chi connectivity index (χ2v) is 7.50. The molecule has 0 radical (unpaired) electrons. The molecule has 0 aromatic rings. The zero-order valence-corrected chi connectivity index (χ0v) is 11.6. The van der Waals surface area contributed by atoms with Crippen molar-refractivity contribution in [2.75, 3.05) is 12.4 Å². The van der Waals surface area contributed by atoms with Crippen molar-refractivity contribution in [1.82, 2.24) is 0 Å². The topological polar surface area (TPSA) is 46.5 Å². The molecule has 2 heterocycles. The number of hydrogen-bond donors (Lipinski definition) is 1. The van der Waals surface area contributed by atoms with Crippen LogP contribution in [0.15, 0.2) is 0 Å². The van der Waals surface area contributed by atoms with E-state index in [1.54, 1.807) is 11.8 Å². The summed E-state index contributed by atoms with van der Waals surface area (Å²) in [5.74, 6) is 0.746. The summed E-state index contributed by atoms with van der Waals surface area (Å²) in [6.45, 7) is 0.764. The van der Waals surface area contributed by atoms with Crippen molar-refractivity contribution in [1.29, 1.82) is 0 Å². The molecule has 3 fully saturated rings. The maximum Gasteiger partial charge on any atom is 0.320 e. The van der Waals surface area contributed by atoms with Gasteiger partial charge >= 0.3 is 5.97 Å². The number of carboxylic acids is 1. The molecule has 3 nitrogen and oxygen atoms in total. The summed E-state index contributed by atoms with van der Waals surface area (Å²) in [6.07, 6.45) is 8.61. The summed E-state index contributed by atoms with van der Waals surface area (Å²) in [4.78, 5) is 11.8. The Hall–Kier alpha value is -0.220.